The van der Waals surface area contributed by atoms with Crippen molar-refractivity contribution < 1.29 is 31.5 Å². The van der Waals surface area contributed by atoms with E-state index in [1.165, 1.54) is 30.3 Å². The normalized spacial score (nSPS) is 15.1. The van der Waals surface area contributed by atoms with Gasteiger partial charge in [0.05, 0.1) is 5.56 Å². The van der Waals surface area contributed by atoms with Crippen LogP contribution in [0.4, 0.5) is 27.6 Å². The number of amides is 1. The number of rotatable bonds is 4. The maximum atomic E-state index is 12.9. The largest absolute Gasteiger partial charge is 0.435 e. The van der Waals surface area contributed by atoms with Crippen molar-refractivity contribution in [3.05, 3.63) is 59.7 Å². The first-order chi connectivity index (χ1) is 13.2. The van der Waals surface area contributed by atoms with Crippen LogP contribution in [0.25, 0.3) is 0 Å². The molecule has 4 nitrogen and oxygen atoms in total. The van der Waals surface area contributed by atoms with Crippen LogP contribution in [0.2, 0.25) is 0 Å². The maximum Gasteiger partial charge on any atom is 0.416 e. The van der Waals surface area contributed by atoms with Gasteiger partial charge in [-0.1, -0.05) is 6.07 Å². The molecular formula is C19H17F5N2O2. The van der Waals surface area contributed by atoms with Gasteiger partial charge in [-0.15, -0.1) is 0 Å². The minimum atomic E-state index is -4.41. The van der Waals surface area contributed by atoms with Crippen molar-refractivity contribution in [3.63, 3.8) is 0 Å². The van der Waals surface area contributed by atoms with Crippen LogP contribution in [0.1, 0.15) is 15.9 Å². The lowest BCUT2D eigenvalue weighted by Gasteiger charge is -2.36. The number of alkyl halides is 5. The Hall–Kier alpha value is -2.84. The van der Waals surface area contributed by atoms with E-state index in [1.54, 1.807) is 15.9 Å². The molecule has 1 amide bonds. The summed E-state index contributed by atoms with van der Waals surface area (Å²) in [6, 6.07) is 10.5. The number of hydrogen-bond donors (Lipinski definition) is 0. The average Bonchev–Trinajstić information content (AvgIpc) is 2.67. The average molecular weight is 400 g/mol. The zero-order valence-electron chi connectivity index (χ0n) is 14.6. The molecule has 1 saturated heterocycles. The molecule has 1 heterocycles. The molecule has 150 valence electrons. The molecule has 2 aromatic carbocycles. The first-order valence-corrected chi connectivity index (χ1v) is 8.50. The number of anilines is 1. The summed E-state index contributed by atoms with van der Waals surface area (Å²) < 4.78 is 67.2. The molecule has 1 aliphatic rings. The number of nitrogens with zero attached hydrogens (tertiary/aromatic N) is 2. The Kier molecular flexibility index (Phi) is 5.71. The van der Waals surface area contributed by atoms with Crippen molar-refractivity contribution in [1.82, 2.24) is 4.90 Å². The molecule has 3 rings (SSSR count). The van der Waals surface area contributed by atoms with Gasteiger partial charge in [0.25, 0.3) is 5.91 Å². The highest BCUT2D eigenvalue weighted by Gasteiger charge is 2.31. The van der Waals surface area contributed by atoms with E-state index in [9.17, 15) is 26.7 Å². The molecule has 0 unspecified atom stereocenters. The summed E-state index contributed by atoms with van der Waals surface area (Å²) in [6.45, 7) is -1.49. The molecule has 0 bridgehead atoms. The van der Waals surface area contributed by atoms with Gasteiger partial charge in [-0.25, -0.2) is 0 Å². The summed E-state index contributed by atoms with van der Waals surface area (Å²) >= 11 is 0. The third kappa shape index (κ3) is 4.71. The molecule has 9 heteroatoms. The fraction of sp³-hybridized carbons (Fsp3) is 0.316. The van der Waals surface area contributed by atoms with E-state index in [0.717, 1.165) is 12.1 Å². The molecule has 2 aromatic rings. The van der Waals surface area contributed by atoms with Crippen molar-refractivity contribution in [3.8, 4) is 5.75 Å². The van der Waals surface area contributed by atoms with Crippen LogP contribution in [0.3, 0.4) is 0 Å². The van der Waals surface area contributed by atoms with Gasteiger partial charge in [0.2, 0.25) is 0 Å². The molecule has 0 saturated carbocycles. The summed E-state index contributed by atoms with van der Waals surface area (Å²) in [6.07, 6.45) is -4.41. The minimum absolute atomic E-state index is 0.0408. The molecule has 28 heavy (non-hydrogen) atoms. The summed E-state index contributed by atoms with van der Waals surface area (Å²) in [4.78, 5) is 15.9. The first kappa shape index (κ1) is 19.9. The number of benzene rings is 2. The standard InChI is InChI=1S/C19H17F5N2O2/c20-18(21)28-16-6-4-13(5-7-16)17(27)26-10-8-25(9-11-26)15-3-1-2-14(12-15)19(22,23)24/h1-7,12,18H,8-11H2. The maximum absolute atomic E-state index is 12.9. The van der Waals surface area contributed by atoms with Crippen LogP contribution >= 0.6 is 0 Å². The van der Waals surface area contributed by atoms with Crippen molar-refractivity contribution >= 4 is 11.6 Å². The van der Waals surface area contributed by atoms with Crippen LogP contribution in [-0.4, -0.2) is 43.6 Å². The van der Waals surface area contributed by atoms with Gasteiger partial charge >= 0.3 is 12.8 Å². The van der Waals surface area contributed by atoms with Gasteiger partial charge in [0.15, 0.2) is 0 Å². The Balaban J connectivity index is 1.61. The predicted molar refractivity (Wildman–Crippen MR) is 92.6 cm³/mol. The summed E-state index contributed by atoms with van der Waals surface area (Å²) in [7, 11) is 0. The van der Waals surface area contributed by atoms with Crippen LogP contribution in [0.5, 0.6) is 5.75 Å². The highest BCUT2D eigenvalue weighted by molar-refractivity contribution is 5.94. The molecule has 0 radical (unpaired) electrons. The van der Waals surface area contributed by atoms with Crippen molar-refractivity contribution in [1.29, 1.82) is 0 Å². The van der Waals surface area contributed by atoms with E-state index in [0.29, 0.717) is 37.4 Å². The summed E-state index contributed by atoms with van der Waals surface area (Å²) in [5.41, 5.74) is 0.0687. The summed E-state index contributed by atoms with van der Waals surface area (Å²) in [5.74, 6) is -0.312. The number of halogens is 5. The van der Waals surface area contributed by atoms with Gasteiger partial charge in [0.1, 0.15) is 5.75 Å². The molecule has 1 aliphatic heterocycles. The van der Waals surface area contributed by atoms with E-state index in [-0.39, 0.29) is 11.7 Å². The second-order valence-corrected chi connectivity index (χ2v) is 6.23. The Morgan fingerprint density at radius 2 is 1.61 bits per heavy atom. The van der Waals surface area contributed by atoms with Crippen molar-refractivity contribution in [2.75, 3.05) is 31.1 Å². The summed E-state index contributed by atoms with van der Waals surface area (Å²) in [5, 5.41) is 0. The quantitative estimate of drug-likeness (QED) is 0.719. The second kappa shape index (κ2) is 8.04. The lowest BCUT2D eigenvalue weighted by atomic mass is 10.1. The fourth-order valence-electron chi connectivity index (χ4n) is 3.01. The number of carbonyl (C=O) groups excluding carboxylic acids is 1. The minimum Gasteiger partial charge on any atom is -0.435 e. The van der Waals surface area contributed by atoms with Gasteiger partial charge in [0, 0.05) is 37.4 Å². The molecule has 0 spiro atoms. The van der Waals surface area contributed by atoms with E-state index in [4.69, 9.17) is 0 Å². The topological polar surface area (TPSA) is 32.8 Å². The third-order valence-corrected chi connectivity index (χ3v) is 4.43. The van der Waals surface area contributed by atoms with Crippen LogP contribution in [0.15, 0.2) is 48.5 Å². The Morgan fingerprint density at radius 1 is 0.964 bits per heavy atom. The monoisotopic (exact) mass is 400 g/mol. The van der Waals surface area contributed by atoms with Gasteiger partial charge in [-0.3, -0.25) is 4.79 Å². The van der Waals surface area contributed by atoms with Gasteiger partial charge in [-0.2, -0.15) is 22.0 Å². The molecular weight excluding hydrogens is 383 g/mol. The predicted octanol–water partition coefficient (Wildman–Crippen LogP) is 4.27. The Labute approximate surface area is 158 Å². The smallest absolute Gasteiger partial charge is 0.416 e. The lowest BCUT2D eigenvalue weighted by Crippen LogP contribution is -2.48. The van der Waals surface area contributed by atoms with E-state index in [1.807, 2.05) is 0 Å². The number of hydrogen-bond acceptors (Lipinski definition) is 3. The number of piperazine rings is 1. The zero-order valence-corrected chi connectivity index (χ0v) is 14.6. The zero-order chi connectivity index (χ0) is 20.3. The van der Waals surface area contributed by atoms with E-state index in [2.05, 4.69) is 4.74 Å². The van der Waals surface area contributed by atoms with Gasteiger partial charge < -0.3 is 14.5 Å². The van der Waals surface area contributed by atoms with Crippen molar-refractivity contribution in [2.24, 2.45) is 0 Å². The van der Waals surface area contributed by atoms with Gasteiger partial charge in [-0.05, 0) is 42.5 Å². The molecule has 0 aliphatic carbocycles. The molecule has 0 N–H and O–H groups in total. The fourth-order valence-corrected chi connectivity index (χ4v) is 3.01. The van der Waals surface area contributed by atoms with Crippen LogP contribution in [0, 0.1) is 0 Å². The SMILES string of the molecule is O=C(c1ccc(OC(F)F)cc1)N1CCN(c2cccc(C(F)(F)F)c2)CC1. The highest BCUT2D eigenvalue weighted by atomic mass is 19.4. The van der Waals surface area contributed by atoms with Crippen molar-refractivity contribution in [2.45, 2.75) is 12.8 Å². The molecule has 0 atom stereocenters. The lowest BCUT2D eigenvalue weighted by molar-refractivity contribution is -0.137. The number of ether oxygens (including phenoxy) is 1. The van der Waals surface area contributed by atoms with E-state index >= 15 is 0 Å². The molecule has 1 fully saturated rings. The molecule has 0 aromatic heterocycles. The van der Waals surface area contributed by atoms with E-state index < -0.39 is 18.4 Å². The third-order valence-electron chi connectivity index (χ3n) is 4.43. The highest BCUT2D eigenvalue weighted by Crippen LogP contribution is 2.32. The second-order valence-electron chi connectivity index (χ2n) is 6.23. The Morgan fingerprint density at radius 3 is 2.18 bits per heavy atom. The first-order valence-electron chi connectivity index (χ1n) is 8.50. The van der Waals surface area contributed by atoms with Crippen LogP contribution in [-0.2, 0) is 6.18 Å². The number of carbonyl (C=O) groups is 1. The van der Waals surface area contributed by atoms with Crippen LogP contribution < -0.4 is 9.64 Å². The Bertz CT molecular complexity index is 816.